The number of sulfonamides is 1. The van der Waals surface area contributed by atoms with Crippen LogP contribution in [-0.4, -0.2) is 13.4 Å². The number of halogens is 3. The minimum atomic E-state index is -4.40. The van der Waals surface area contributed by atoms with Crippen LogP contribution in [0.1, 0.15) is 17.6 Å². The maximum absolute atomic E-state index is 13.0. The van der Waals surface area contributed by atoms with Crippen molar-refractivity contribution in [3.63, 3.8) is 0 Å². The first-order chi connectivity index (χ1) is 7.27. The van der Waals surface area contributed by atoms with Crippen molar-refractivity contribution >= 4 is 10.0 Å². The molecule has 0 fully saturated rings. The minimum absolute atomic E-state index is 0.377. The molecule has 1 rings (SSSR count). The van der Waals surface area contributed by atoms with Gasteiger partial charge in [0.05, 0.1) is 0 Å². The molecule has 86 valence electrons. The molecule has 1 heterocycles. The molecule has 0 saturated carbocycles. The zero-order valence-electron chi connectivity index (χ0n) is 7.49. The van der Waals surface area contributed by atoms with E-state index in [9.17, 15) is 21.6 Å². The van der Waals surface area contributed by atoms with E-state index < -0.39 is 38.5 Å². The summed E-state index contributed by atoms with van der Waals surface area (Å²) in [6, 6.07) is 1.55. The van der Waals surface area contributed by atoms with E-state index in [1.165, 1.54) is 6.07 Å². The number of hydrogen-bond acceptors (Lipinski definition) is 4. The van der Waals surface area contributed by atoms with Gasteiger partial charge in [-0.25, -0.2) is 27.3 Å². The second-order valence-electron chi connectivity index (χ2n) is 2.67. The van der Waals surface area contributed by atoms with Crippen LogP contribution in [0.25, 0.3) is 0 Å². The van der Waals surface area contributed by atoms with Crippen molar-refractivity contribution in [2.45, 2.75) is 11.5 Å². The molecule has 1 aromatic heterocycles. The van der Waals surface area contributed by atoms with E-state index >= 15 is 0 Å². The standard InChI is InChI=1S/C7H4F3N3O2S/c8-6(9)3-1-5(16(12,14)15)13-7(10)4(3)2-11/h1,6H,(H2,12,14,15). The Morgan fingerprint density at radius 1 is 1.50 bits per heavy atom. The number of aromatic nitrogens is 1. The Balaban J connectivity index is 3.61. The third-order valence-corrected chi connectivity index (χ3v) is 2.41. The summed E-state index contributed by atoms with van der Waals surface area (Å²) in [5, 5.41) is 12.0. The van der Waals surface area contributed by atoms with Crippen molar-refractivity contribution in [1.82, 2.24) is 4.98 Å². The van der Waals surface area contributed by atoms with Gasteiger partial charge in [-0.3, -0.25) is 0 Å². The van der Waals surface area contributed by atoms with Crippen LogP contribution in [-0.2, 0) is 10.0 Å². The van der Waals surface area contributed by atoms with Gasteiger partial charge < -0.3 is 0 Å². The lowest BCUT2D eigenvalue weighted by Gasteiger charge is -2.05. The first kappa shape index (κ1) is 12.4. The molecule has 5 nitrogen and oxygen atoms in total. The number of nitrogens with zero attached hydrogens (tertiary/aromatic N) is 2. The third kappa shape index (κ3) is 2.29. The molecule has 2 N–H and O–H groups in total. The number of hydrogen-bond donors (Lipinski definition) is 1. The third-order valence-electron chi connectivity index (χ3n) is 1.62. The fraction of sp³-hybridized carbons (Fsp3) is 0.143. The van der Waals surface area contributed by atoms with Crippen LogP contribution in [0.3, 0.4) is 0 Å². The van der Waals surface area contributed by atoms with Gasteiger partial charge in [0.25, 0.3) is 16.4 Å². The molecule has 0 aliphatic heterocycles. The minimum Gasteiger partial charge on any atom is -0.223 e. The van der Waals surface area contributed by atoms with E-state index in [2.05, 4.69) is 10.1 Å². The zero-order chi connectivity index (χ0) is 12.5. The van der Waals surface area contributed by atoms with Gasteiger partial charge in [0, 0.05) is 5.56 Å². The highest BCUT2D eigenvalue weighted by Gasteiger charge is 2.23. The van der Waals surface area contributed by atoms with Crippen molar-refractivity contribution in [3.8, 4) is 6.07 Å². The molecule has 0 amide bonds. The SMILES string of the molecule is N#Cc1c(C(F)F)cc(S(N)(=O)=O)nc1F. The molecule has 1 aromatic rings. The first-order valence-corrected chi connectivity index (χ1v) is 5.23. The Morgan fingerprint density at radius 2 is 2.06 bits per heavy atom. The number of alkyl halides is 2. The van der Waals surface area contributed by atoms with Gasteiger partial charge in [0.1, 0.15) is 11.6 Å². The number of primary sulfonamides is 1. The Kier molecular flexibility index (Phi) is 3.16. The van der Waals surface area contributed by atoms with Crippen LogP contribution in [0.5, 0.6) is 0 Å². The normalized spacial score (nSPS) is 11.5. The summed E-state index contributed by atoms with van der Waals surface area (Å²) < 4.78 is 59.3. The van der Waals surface area contributed by atoms with Crippen molar-refractivity contribution in [2.75, 3.05) is 0 Å². The van der Waals surface area contributed by atoms with Crippen LogP contribution >= 0.6 is 0 Å². The summed E-state index contributed by atoms with van der Waals surface area (Å²) in [7, 11) is -4.40. The summed E-state index contributed by atoms with van der Waals surface area (Å²) in [5.74, 6) is -1.59. The molecule has 0 atom stereocenters. The van der Waals surface area contributed by atoms with Crippen molar-refractivity contribution in [2.24, 2.45) is 5.14 Å². The van der Waals surface area contributed by atoms with Gasteiger partial charge in [-0.05, 0) is 6.07 Å². The van der Waals surface area contributed by atoms with Gasteiger partial charge in [0.2, 0.25) is 5.95 Å². The fourth-order valence-corrected chi connectivity index (χ4v) is 1.44. The number of rotatable bonds is 2. The van der Waals surface area contributed by atoms with Crippen molar-refractivity contribution in [3.05, 3.63) is 23.1 Å². The van der Waals surface area contributed by atoms with E-state index in [0.717, 1.165) is 0 Å². The first-order valence-electron chi connectivity index (χ1n) is 3.69. The number of nitriles is 1. The van der Waals surface area contributed by atoms with Crippen LogP contribution in [0.4, 0.5) is 13.2 Å². The van der Waals surface area contributed by atoms with E-state index in [4.69, 9.17) is 5.26 Å². The van der Waals surface area contributed by atoms with Gasteiger partial charge in [-0.2, -0.15) is 9.65 Å². The highest BCUT2D eigenvalue weighted by atomic mass is 32.2. The molecule has 0 unspecified atom stereocenters. The lowest BCUT2D eigenvalue weighted by molar-refractivity contribution is 0.150. The molecule has 0 aromatic carbocycles. The average molecular weight is 251 g/mol. The van der Waals surface area contributed by atoms with Crippen LogP contribution in [0, 0.1) is 17.3 Å². The molecule has 0 saturated heterocycles. The Hall–Kier alpha value is -1.66. The largest absolute Gasteiger partial charge is 0.265 e. The lowest BCUT2D eigenvalue weighted by atomic mass is 10.1. The molecule has 0 radical (unpaired) electrons. The summed E-state index contributed by atoms with van der Waals surface area (Å²) in [6.07, 6.45) is -3.20. The van der Waals surface area contributed by atoms with Gasteiger partial charge in [-0.1, -0.05) is 0 Å². The maximum atomic E-state index is 13.0. The highest BCUT2D eigenvalue weighted by Crippen LogP contribution is 2.25. The van der Waals surface area contributed by atoms with Crippen molar-refractivity contribution in [1.29, 1.82) is 5.26 Å². The monoisotopic (exact) mass is 251 g/mol. The average Bonchev–Trinajstić information content (AvgIpc) is 2.14. The number of nitrogens with two attached hydrogens (primary N) is 1. The van der Waals surface area contributed by atoms with Gasteiger partial charge in [0.15, 0.2) is 5.03 Å². The Labute approximate surface area is 88.4 Å². The highest BCUT2D eigenvalue weighted by molar-refractivity contribution is 7.89. The predicted molar refractivity (Wildman–Crippen MR) is 45.2 cm³/mol. The van der Waals surface area contributed by atoms with Crippen LogP contribution in [0.15, 0.2) is 11.1 Å². The molecule has 0 aliphatic rings. The van der Waals surface area contributed by atoms with E-state index in [0.29, 0.717) is 6.07 Å². The second-order valence-corrected chi connectivity index (χ2v) is 4.18. The van der Waals surface area contributed by atoms with Crippen molar-refractivity contribution < 1.29 is 21.6 Å². The lowest BCUT2D eigenvalue weighted by Crippen LogP contribution is -2.16. The molecule has 0 aliphatic carbocycles. The smallest absolute Gasteiger partial charge is 0.223 e. The summed E-state index contributed by atoms with van der Waals surface area (Å²) in [4.78, 5) is 2.82. The Bertz CT molecular complexity index is 565. The predicted octanol–water partition coefficient (Wildman–Crippen LogP) is 0.677. The fourth-order valence-electron chi connectivity index (χ4n) is 0.938. The van der Waals surface area contributed by atoms with Gasteiger partial charge >= 0.3 is 0 Å². The molecular formula is C7H4F3N3O2S. The summed E-state index contributed by atoms with van der Waals surface area (Å²) in [5.41, 5.74) is -2.05. The molecule has 16 heavy (non-hydrogen) atoms. The maximum Gasteiger partial charge on any atom is 0.265 e. The topological polar surface area (TPSA) is 96.8 Å². The van der Waals surface area contributed by atoms with Crippen LogP contribution in [0.2, 0.25) is 0 Å². The van der Waals surface area contributed by atoms with E-state index in [1.807, 2.05) is 0 Å². The second kappa shape index (κ2) is 4.07. The zero-order valence-corrected chi connectivity index (χ0v) is 8.30. The molecule has 9 heteroatoms. The van der Waals surface area contributed by atoms with E-state index in [1.54, 1.807) is 0 Å². The van der Waals surface area contributed by atoms with E-state index in [-0.39, 0.29) is 0 Å². The summed E-state index contributed by atoms with van der Waals surface area (Å²) in [6.45, 7) is 0. The molecule has 0 spiro atoms. The number of pyridine rings is 1. The van der Waals surface area contributed by atoms with Crippen LogP contribution < -0.4 is 5.14 Å². The Morgan fingerprint density at radius 3 is 2.44 bits per heavy atom. The quantitative estimate of drug-likeness (QED) is 0.781. The summed E-state index contributed by atoms with van der Waals surface area (Å²) >= 11 is 0. The van der Waals surface area contributed by atoms with Gasteiger partial charge in [-0.15, -0.1) is 0 Å². The molecule has 0 bridgehead atoms. The molecular weight excluding hydrogens is 247 g/mol.